The van der Waals surface area contributed by atoms with Gasteiger partial charge in [0.25, 0.3) is 0 Å². The molecule has 0 radical (unpaired) electrons. The maximum Gasteiger partial charge on any atom is 0.0992 e. The minimum absolute atomic E-state index is 0.553. The Hall–Kier alpha value is -0.530. The Bertz CT molecular complexity index is 305. The average molecular weight is 276 g/mol. The molecule has 0 aliphatic rings. The minimum atomic E-state index is 0.553. The van der Waals surface area contributed by atoms with E-state index in [-0.39, 0.29) is 0 Å². The van der Waals surface area contributed by atoms with Crippen LogP contribution in [-0.4, -0.2) is 0 Å². The van der Waals surface area contributed by atoms with Crippen molar-refractivity contribution in [3.05, 3.63) is 26.6 Å². The molecule has 0 aromatic heterocycles. The molecule has 56 valence electrons. The largest absolute Gasteiger partial charge is 0.398 e. The molecular formula is C7H4Br2N2. The molecule has 2 N–H and O–H groups in total. The standard InChI is InChI=1S/C7H4Br2N2/c8-5-1-4(3-10)2-6(11)7(5)9/h1-2H,11H2. The summed E-state index contributed by atoms with van der Waals surface area (Å²) in [6.07, 6.45) is 0. The Balaban J connectivity index is 3.35. The lowest BCUT2D eigenvalue weighted by molar-refractivity contribution is 1.46. The molecule has 0 amide bonds. The van der Waals surface area contributed by atoms with Crippen LogP contribution < -0.4 is 5.73 Å². The lowest BCUT2D eigenvalue weighted by Crippen LogP contribution is -1.88. The third kappa shape index (κ3) is 1.73. The third-order valence-corrected chi connectivity index (χ3v) is 3.23. The van der Waals surface area contributed by atoms with Crippen molar-refractivity contribution in [1.29, 1.82) is 5.26 Å². The maximum absolute atomic E-state index is 8.54. The zero-order valence-electron chi connectivity index (χ0n) is 5.44. The van der Waals surface area contributed by atoms with Crippen molar-refractivity contribution in [2.75, 3.05) is 5.73 Å². The predicted octanol–water partition coefficient (Wildman–Crippen LogP) is 2.67. The van der Waals surface area contributed by atoms with Gasteiger partial charge in [0.15, 0.2) is 0 Å². The number of nitrogens with zero attached hydrogens (tertiary/aromatic N) is 1. The topological polar surface area (TPSA) is 49.8 Å². The van der Waals surface area contributed by atoms with Crippen LogP contribution in [0.3, 0.4) is 0 Å². The first-order valence-electron chi connectivity index (χ1n) is 2.79. The number of benzene rings is 1. The van der Waals surface area contributed by atoms with E-state index in [0.717, 1.165) is 8.95 Å². The summed E-state index contributed by atoms with van der Waals surface area (Å²) in [5.74, 6) is 0. The summed E-state index contributed by atoms with van der Waals surface area (Å²) in [5.41, 5.74) is 6.69. The van der Waals surface area contributed by atoms with Gasteiger partial charge in [-0.1, -0.05) is 0 Å². The normalized spacial score (nSPS) is 9.18. The molecule has 1 aromatic carbocycles. The van der Waals surface area contributed by atoms with Crippen molar-refractivity contribution < 1.29 is 0 Å². The molecule has 0 spiro atoms. The summed E-state index contributed by atoms with van der Waals surface area (Å²) in [6, 6.07) is 5.33. The van der Waals surface area contributed by atoms with Crippen LogP contribution >= 0.6 is 31.9 Å². The predicted molar refractivity (Wildman–Crippen MR) is 51.0 cm³/mol. The lowest BCUT2D eigenvalue weighted by Gasteiger charge is -2.00. The van der Waals surface area contributed by atoms with Crippen LogP contribution in [0.5, 0.6) is 0 Å². The maximum atomic E-state index is 8.54. The molecule has 11 heavy (non-hydrogen) atoms. The molecule has 0 saturated carbocycles. The molecule has 2 nitrogen and oxygen atoms in total. The first kappa shape index (κ1) is 8.57. The van der Waals surface area contributed by atoms with E-state index >= 15 is 0 Å². The summed E-state index contributed by atoms with van der Waals surface area (Å²) < 4.78 is 1.59. The molecule has 0 bridgehead atoms. The first-order chi connectivity index (χ1) is 5.15. The Morgan fingerprint density at radius 1 is 1.36 bits per heavy atom. The second-order valence-corrected chi connectivity index (χ2v) is 3.62. The average Bonchev–Trinajstić information content (AvgIpc) is 1.99. The quantitative estimate of drug-likeness (QED) is 0.740. The Labute approximate surface area is 81.3 Å². The second kappa shape index (κ2) is 3.24. The first-order valence-corrected chi connectivity index (χ1v) is 4.38. The summed E-state index contributed by atoms with van der Waals surface area (Å²) in [7, 11) is 0. The van der Waals surface area contributed by atoms with Crippen molar-refractivity contribution in [3.8, 4) is 6.07 Å². The van der Waals surface area contributed by atoms with Crippen LogP contribution in [0.1, 0.15) is 5.56 Å². The van der Waals surface area contributed by atoms with E-state index < -0.39 is 0 Å². The van der Waals surface area contributed by atoms with Gasteiger partial charge in [-0.15, -0.1) is 0 Å². The van der Waals surface area contributed by atoms with Gasteiger partial charge in [-0.3, -0.25) is 0 Å². The van der Waals surface area contributed by atoms with Gasteiger partial charge in [-0.25, -0.2) is 0 Å². The fourth-order valence-electron chi connectivity index (χ4n) is 0.675. The SMILES string of the molecule is N#Cc1cc(N)c(Br)c(Br)c1. The van der Waals surface area contributed by atoms with Crippen LogP contribution in [0.25, 0.3) is 0 Å². The van der Waals surface area contributed by atoms with E-state index in [1.807, 2.05) is 6.07 Å². The molecular weight excluding hydrogens is 272 g/mol. The zero-order chi connectivity index (χ0) is 8.43. The summed E-state index contributed by atoms with van der Waals surface area (Å²) in [5, 5.41) is 8.54. The van der Waals surface area contributed by atoms with Crippen LogP contribution in [0, 0.1) is 11.3 Å². The highest BCUT2D eigenvalue weighted by Crippen LogP contribution is 2.29. The van der Waals surface area contributed by atoms with Crippen LogP contribution in [-0.2, 0) is 0 Å². The summed E-state index contributed by atoms with van der Waals surface area (Å²) >= 11 is 6.52. The molecule has 0 aliphatic carbocycles. The number of nitrogens with two attached hydrogens (primary N) is 1. The van der Waals surface area contributed by atoms with E-state index in [1.54, 1.807) is 12.1 Å². The molecule has 0 atom stereocenters. The smallest absolute Gasteiger partial charge is 0.0992 e. The van der Waals surface area contributed by atoms with E-state index in [1.165, 1.54) is 0 Å². The van der Waals surface area contributed by atoms with Gasteiger partial charge in [0.2, 0.25) is 0 Å². The number of halogens is 2. The van der Waals surface area contributed by atoms with Crippen LogP contribution in [0.15, 0.2) is 21.1 Å². The fourth-order valence-corrected chi connectivity index (χ4v) is 1.38. The molecule has 1 aromatic rings. The van der Waals surface area contributed by atoms with E-state index in [9.17, 15) is 0 Å². The minimum Gasteiger partial charge on any atom is -0.398 e. The van der Waals surface area contributed by atoms with Gasteiger partial charge in [-0.05, 0) is 44.0 Å². The number of hydrogen-bond donors (Lipinski definition) is 1. The highest BCUT2D eigenvalue weighted by molar-refractivity contribution is 9.13. The highest BCUT2D eigenvalue weighted by Gasteiger charge is 2.02. The van der Waals surface area contributed by atoms with E-state index in [2.05, 4.69) is 31.9 Å². The third-order valence-electron chi connectivity index (χ3n) is 1.19. The van der Waals surface area contributed by atoms with Crippen molar-refractivity contribution in [2.45, 2.75) is 0 Å². The van der Waals surface area contributed by atoms with Gasteiger partial charge >= 0.3 is 0 Å². The molecule has 0 unspecified atom stereocenters. The lowest BCUT2D eigenvalue weighted by atomic mass is 10.2. The molecule has 4 heteroatoms. The van der Waals surface area contributed by atoms with Gasteiger partial charge in [0, 0.05) is 10.2 Å². The van der Waals surface area contributed by atoms with Crippen molar-refractivity contribution >= 4 is 37.5 Å². The molecule has 0 fully saturated rings. The van der Waals surface area contributed by atoms with Gasteiger partial charge < -0.3 is 5.73 Å². The van der Waals surface area contributed by atoms with Crippen molar-refractivity contribution in [3.63, 3.8) is 0 Å². The molecule has 0 aliphatic heterocycles. The van der Waals surface area contributed by atoms with Crippen LogP contribution in [0.2, 0.25) is 0 Å². The van der Waals surface area contributed by atoms with Crippen molar-refractivity contribution in [2.24, 2.45) is 0 Å². The molecule has 1 rings (SSSR count). The number of rotatable bonds is 0. The van der Waals surface area contributed by atoms with Gasteiger partial charge in [0.1, 0.15) is 0 Å². The summed E-state index contributed by atoms with van der Waals surface area (Å²) in [4.78, 5) is 0. The number of anilines is 1. The van der Waals surface area contributed by atoms with Crippen molar-refractivity contribution in [1.82, 2.24) is 0 Å². The molecule has 0 heterocycles. The van der Waals surface area contributed by atoms with Gasteiger partial charge in [0.05, 0.1) is 16.1 Å². The second-order valence-electron chi connectivity index (χ2n) is 1.97. The Kier molecular flexibility index (Phi) is 2.53. The monoisotopic (exact) mass is 274 g/mol. The van der Waals surface area contributed by atoms with E-state index in [0.29, 0.717) is 11.3 Å². The number of nitriles is 1. The number of nitrogen functional groups attached to an aromatic ring is 1. The number of hydrogen-bond acceptors (Lipinski definition) is 2. The Morgan fingerprint density at radius 3 is 2.45 bits per heavy atom. The van der Waals surface area contributed by atoms with Gasteiger partial charge in [-0.2, -0.15) is 5.26 Å². The molecule has 0 saturated heterocycles. The van der Waals surface area contributed by atoms with Crippen LogP contribution in [0.4, 0.5) is 5.69 Å². The summed E-state index contributed by atoms with van der Waals surface area (Å²) in [6.45, 7) is 0. The Morgan fingerprint density at radius 2 is 2.00 bits per heavy atom. The fraction of sp³-hybridized carbons (Fsp3) is 0. The zero-order valence-corrected chi connectivity index (χ0v) is 8.61. The van der Waals surface area contributed by atoms with E-state index in [4.69, 9.17) is 11.0 Å². The highest BCUT2D eigenvalue weighted by atomic mass is 79.9.